The van der Waals surface area contributed by atoms with Crippen LogP contribution in [0.1, 0.15) is 0 Å². The van der Waals surface area contributed by atoms with Gasteiger partial charge in [0.25, 0.3) is 5.95 Å². The van der Waals surface area contributed by atoms with Gasteiger partial charge in [-0.1, -0.05) is 52.9 Å². The van der Waals surface area contributed by atoms with Crippen molar-refractivity contribution in [3.63, 3.8) is 0 Å². The fourth-order valence-electron chi connectivity index (χ4n) is 1.90. The van der Waals surface area contributed by atoms with Crippen LogP contribution in [0.25, 0.3) is 11.4 Å². The number of nitrogens with zero attached hydrogens (tertiary/aromatic N) is 4. The molecule has 2 aromatic carbocycles. The Balaban J connectivity index is 2.06. The predicted molar refractivity (Wildman–Crippen MR) is 86.0 cm³/mol. The third-order valence-electron chi connectivity index (χ3n) is 2.84. The lowest BCUT2D eigenvalue weighted by Gasteiger charge is -2.06. The van der Waals surface area contributed by atoms with Crippen molar-refractivity contribution in [1.29, 1.82) is 0 Å². The van der Waals surface area contributed by atoms with Crippen molar-refractivity contribution in [1.82, 2.24) is 15.0 Å². The maximum atomic E-state index is 10.8. The van der Waals surface area contributed by atoms with E-state index in [4.69, 9.17) is 0 Å². The second kappa shape index (κ2) is 6.75. The van der Waals surface area contributed by atoms with Crippen LogP contribution in [0.15, 0.2) is 65.0 Å². The lowest BCUT2D eigenvalue weighted by molar-refractivity contribution is 0.622. The van der Waals surface area contributed by atoms with E-state index >= 15 is 0 Å². The Hall–Kier alpha value is -3.13. The second-order valence-corrected chi connectivity index (χ2v) is 5.06. The van der Waals surface area contributed by atoms with Gasteiger partial charge in [0, 0.05) is 11.3 Å². The summed E-state index contributed by atoms with van der Waals surface area (Å²) in [5, 5.41) is 3.00. The molecule has 8 heteroatoms. The van der Waals surface area contributed by atoms with Crippen molar-refractivity contribution in [2.24, 2.45) is 4.36 Å². The average Bonchev–Trinajstić information content (AvgIpc) is 2.56. The molecule has 0 unspecified atom stereocenters. The lowest BCUT2D eigenvalue weighted by Crippen LogP contribution is -2.00. The monoisotopic (exact) mass is 325 g/mol. The smallest absolute Gasteiger partial charge is 0.319 e. The highest BCUT2D eigenvalue weighted by Crippen LogP contribution is 2.20. The van der Waals surface area contributed by atoms with Crippen LogP contribution in [0, 0.1) is 0 Å². The van der Waals surface area contributed by atoms with Gasteiger partial charge in [0.2, 0.25) is 5.95 Å². The molecule has 1 aromatic heterocycles. The van der Waals surface area contributed by atoms with E-state index in [2.05, 4.69) is 24.6 Å². The minimum Gasteiger partial charge on any atom is -0.324 e. The quantitative estimate of drug-likeness (QED) is 0.792. The summed E-state index contributed by atoms with van der Waals surface area (Å²) in [6.45, 7) is 0. The number of rotatable bonds is 4. The summed E-state index contributed by atoms with van der Waals surface area (Å²) in [4.78, 5) is 12.4. The van der Waals surface area contributed by atoms with Crippen LogP contribution in [0.2, 0.25) is 0 Å². The van der Waals surface area contributed by atoms with E-state index in [1.54, 1.807) is 0 Å². The molecule has 0 aliphatic heterocycles. The third kappa shape index (κ3) is 3.95. The summed E-state index contributed by atoms with van der Waals surface area (Å²) < 4.78 is 25.0. The van der Waals surface area contributed by atoms with Gasteiger partial charge in [-0.05, 0) is 12.1 Å². The Bertz CT molecular complexity index is 936. The zero-order valence-corrected chi connectivity index (χ0v) is 12.6. The molecule has 0 aliphatic rings. The molecule has 0 bridgehead atoms. The van der Waals surface area contributed by atoms with Crippen LogP contribution in [0.5, 0.6) is 0 Å². The summed E-state index contributed by atoms with van der Waals surface area (Å²) in [5.41, 5.74) is 1.51. The van der Waals surface area contributed by atoms with Crippen molar-refractivity contribution in [3.8, 4) is 11.4 Å². The van der Waals surface area contributed by atoms with Gasteiger partial charge in [0.05, 0.1) is 0 Å². The first kappa shape index (κ1) is 14.8. The van der Waals surface area contributed by atoms with Gasteiger partial charge in [-0.15, -0.1) is 0 Å². The number of hydrogen-bond acceptors (Lipinski definition) is 7. The Morgan fingerprint density at radius 3 is 2.13 bits per heavy atom. The van der Waals surface area contributed by atoms with Crippen LogP contribution >= 0.6 is 0 Å². The Kier molecular flexibility index (Phi) is 4.34. The van der Waals surface area contributed by atoms with E-state index < -0.39 is 10.5 Å². The van der Waals surface area contributed by atoms with Crippen molar-refractivity contribution in [3.05, 3.63) is 60.7 Å². The number of nitrogens with one attached hydrogen (secondary N) is 1. The molecule has 0 saturated carbocycles. The SMILES string of the molecule is O=S(=O)=Nc1nc(Nc2ccccc2)nc(-c2ccccc2)n1. The van der Waals surface area contributed by atoms with E-state index in [0.717, 1.165) is 11.3 Å². The maximum Gasteiger partial charge on any atom is 0.319 e. The second-order valence-electron chi connectivity index (χ2n) is 4.45. The maximum absolute atomic E-state index is 10.8. The van der Waals surface area contributed by atoms with E-state index in [9.17, 15) is 8.42 Å². The minimum atomic E-state index is -2.64. The molecule has 0 atom stereocenters. The largest absolute Gasteiger partial charge is 0.324 e. The number of para-hydroxylation sites is 1. The highest BCUT2D eigenvalue weighted by molar-refractivity contribution is 7.61. The predicted octanol–water partition coefficient (Wildman–Crippen LogP) is 2.98. The molecule has 7 nitrogen and oxygen atoms in total. The molecule has 0 spiro atoms. The van der Waals surface area contributed by atoms with Gasteiger partial charge in [-0.2, -0.15) is 23.4 Å². The molecule has 0 saturated heterocycles. The summed E-state index contributed by atoms with van der Waals surface area (Å²) in [5.74, 6) is 0.378. The van der Waals surface area contributed by atoms with Crippen LogP contribution in [0.3, 0.4) is 0 Å². The van der Waals surface area contributed by atoms with Crippen LogP contribution in [0.4, 0.5) is 17.6 Å². The third-order valence-corrected chi connectivity index (χ3v) is 3.15. The van der Waals surface area contributed by atoms with Crippen LogP contribution in [-0.2, 0) is 10.5 Å². The normalized spacial score (nSPS) is 10.1. The average molecular weight is 325 g/mol. The fourth-order valence-corrected chi connectivity index (χ4v) is 2.11. The van der Waals surface area contributed by atoms with Gasteiger partial charge in [0.15, 0.2) is 5.82 Å². The first-order chi connectivity index (χ1) is 11.2. The van der Waals surface area contributed by atoms with Crippen molar-refractivity contribution in [2.75, 3.05) is 5.32 Å². The molecule has 0 amide bonds. The van der Waals surface area contributed by atoms with E-state index in [-0.39, 0.29) is 11.9 Å². The van der Waals surface area contributed by atoms with Gasteiger partial charge in [-0.3, -0.25) is 0 Å². The van der Waals surface area contributed by atoms with Crippen molar-refractivity contribution in [2.45, 2.75) is 0 Å². The standard InChI is InChI=1S/C15H11N5O2S/c21-23(22)20-15-18-13(11-7-3-1-4-8-11)17-14(19-15)16-12-9-5-2-6-10-12/h1-10H,(H,16,17,18,19). The highest BCUT2D eigenvalue weighted by Gasteiger charge is 2.08. The molecular weight excluding hydrogens is 314 g/mol. The van der Waals surface area contributed by atoms with Crippen molar-refractivity contribution < 1.29 is 8.42 Å². The Morgan fingerprint density at radius 2 is 1.48 bits per heavy atom. The first-order valence-electron chi connectivity index (χ1n) is 6.65. The van der Waals surface area contributed by atoms with Gasteiger partial charge >= 0.3 is 10.5 Å². The molecule has 0 aliphatic carbocycles. The number of aromatic nitrogens is 3. The molecule has 3 rings (SSSR count). The number of anilines is 2. The minimum absolute atomic E-state index is 0.175. The first-order valence-corrected chi connectivity index (χ1v) is 7.68. The molecule has 1 N–H and O–H groups in total. The zero-order valence-electron chi connectivity index (χ0n) is 11.8. The molecule has 3 aromatic rings. The molecular formula is C15H11N5O2S. The van der Waals surface area contributed by atoms with Gasteiger partial charge in [0.1, 0.15) is 0 Å². The van der Waals surface area contributed by atoms with E-state index in [0.29, 0.717) is 5.82 Å². The number of benzene rings is 2. The molecule has 23 heavy (non-hydrogen) atoms. The summed E-state index contributed by atoms with van der Waals surface area (Å²) in [6.07, 6.45) is 0. The topological polar surface area (TPSA) is 97.2 Å². The number of hydrogen-bond donors (Lipinski definition) is 1. The zero-order chi connectivity index (χ0) is 16.1. The highest BCUT2D eigenvalue weighted by atomic mass is 32.2. The van der Waals surface area contributed by atoms with E-state index in [1.165, 1.54) is 0 Å². The molecule has 114 valence electrons. The van der Waals surface area contributed by atoms with Gasteiger partial charge < -0.3 is 5.32 Å². The lowest BCUT2D eigenvalue weighted by atomic mass is 10.2. The Labute approximate surface area is 133 Å². The molecule has 0 radical (unpaired) electrons. The van der Waals surface area contributed by atoms with Gasteiger partial charge in [-0.25, -0.2) is 0 Å². The van der Waals surface area contributed by atoms with Crippen LogP contribution in [-0.4, -0.2) is 23.4 Å². The summed E-state index contributed by atoms with van der Waals surface area (Å²) in [7, 11) is -2.64. The summed E-state index contributed by atoms with van der Waals surface area (Å²) in [6, 6.07) is 18.5. The molecule has 1 heterocycles. The summed E-state index contributed by atoms with van der Waals surface area (Å²) >= 11 is 0. The van der Waals surface area contributed by atoms with Crippen LogP contribution < -0.4 is 5.32 Å². The molecule has 0 fully saturated rings. The van der Waals surface area contributed by atoms with Crippen molar-refractivity contribution >= 4 is 28.1 Å². The fraction of sp³-hybridized carbons (Fsp3) is 0. The van der Waals surface area contributed by atoms with E-state index in [1.807, 2.05) is 60.7 Å². The Morgan fingerprint density at radius 1 is 0.826 bits per heavy atom.